The molecule has 0 bridgehead atoms. The molecule has 0 saturated heterocycles. The van der Waals surface area contributed by atoms with E-state index in [9.17, 15) is 4.39 Å². The average Bonchev–Trinajstić information content (AvgIpc) is 2.85. The van der Waals surface area contributed by atoms with E-state index in [2.05, 4.69) is 16.9 Å². The van der Waals surface area contributed by atoms with Gasteiger partial charge in [0.15, 0.2) is 11.6 Å². The van der Waals surface area contributed by atoms with Crippen molar-refractivity contribution in [3.05, 3.63) is 47.0 Å². The van der Waals surface area contributed by atoms with Crippen molar-refractivity contribution in [2.24, 2.45) is 7.05 Å². The first-order valence-electron chi connectivity index (χ1n) is 6.63. The van der Waals surface area contributed by atoms with Gasteiger partial charge in [0.2, 0.25) is 0 Å². The Bertz CT molecular complexity index is 685. The SMILES string of the molecule is CCc1cc(COc2cc(C#CCCl)ccc2F)n(C)n1. The van der Waals surface area contributed by atoms with Crippen LogP contribution in [0.4, 0.5) is 4.39 Å². The second-order valence-corrected chi connectivity index (χ2v) is 4.74. The molecule has 110 valence electrons. The lowest BCUT2D eigenvalue weighted by molar-refractivity contribution is 0.280. The molecule has 1 heterocycles. The first-order valence-corrected chi connectivity index (χ1v) is 7.16. The molecule has 2 aromatic rings. The zero-order valence-corrected chi connectivity index (χ0v) is 12.7. The van der Waals surface area contributed by atoms with Gasteiger partial charge in [-0.15, -0.1) is 11.6 Å². The van der Waals surface area contributed by atoms with Crippen LogP contribution in [0.3, 0.4) is 0 Å². The molecule has 21 heavy (non-hydrogen) atoms. The molecule has 1 aromatic heterocycles. The van der Waals surface area contributed by atoms with E-state index in [4.69, 9.17) is 16.3 Å². The van der Waals surface area contributed by atoms with E-state index in [0.29, 0.717) is 5.56 Å². The molecule has 1 aromatic carbocycles. The summed E-state index contributed by atoms with van der Waals surface area (Å²) in [5.74, 6) is 5.57. The molecule has 5 heteroatoms. The van der Waals surface area contributed by atoms with Gasteiger partial charge in [0.1, 0.15) is 6.61 Å². The molecule has 0 radical (unpaired) electrons. The van der Waals surface area contributed by atoms with Crippen molar-refractivity contribution in [2.45, 2.75) is 20.0 Å². The highest BCUT2D eigenvalue weighted by molar-refractivity contribution is 6.19. The van der Waals surface area contributed by atoms with E-state index in [1.165, 1.54) is 6.07 Å². The maximum absolute atomic E-state index is 13.7. The highest BCUT2D eigenvalue weighted by Crippen LogP contribution is 2.20. The van der Waals surface area contributed by atoms with Crippen molar-refractivity contribution in [3.63, 3.8) is 0 Å². The van der Waals surface area contributed by atoms with Gasteiger partial charge in [-0.3, -0.25) is 4.68 Å². The smallest absolute Gasteiger partial charge is 0.165 e. The summed E-state index contributed by atoms with van der Waals surface area (Å²) in [4.78, 5) is 0. The minimum absolute atomic E-state index is 0.177. The lowest BCUT2D eigenvalue weighted by atomic mass is 10.2. The van der Waals surface area contributed by atoms with Crippen LogP contribution in [0.1, 0.15) is 23.9 Å². The minimum Gasteiger partial charge on any atom is -0.484 e. The Balaban J connectivity index is 2.13. The lowest BCUT2D eigenvalue weighted by Gasteiger charge is -2.07. The first kappa shape index (κ1) is 15.4. The van der Waals surface area contributed by atoms with Crippen LogP contribution in [0.25, 0.3) is 0 Å². The monoisotopic (exact) mass is 306 g/mol. The molecule has 0 N–H and O–H groups in total. The van der Waals surface area contributed by atoms with Crippen molar-refractivity contribution < 1.29 is 9.13 Å². The molecule has 0 aliphatic rings. The largest absolute Gasteiger partial charge is 0.484 e. The number of halogens is 2. The standard InChI is InChI=1S/C16H16ClFN2O/c1-3-13-10-14(20(2)19-13)11-21-16-9-12(5-4-8-17)6-7-15(16)18/h6-7,9-10H,3,8,11H2,1-2H3. The van der Waals surface area contributed by atoms with E-state index in [0.717, 1.165) is 17.8 Å². The topological polar surface area (TPSA) is 27.1 Å². The third-order valence-corrected chi connectivity index (χ3v) is 3.13. The quantitative estimate of drug-likeness (QED) is 0.640. The second-order valence-electron chi connectivity index (χ2n) is 4.47. The van der Waals surface area contributed by atoms with E-state index in [1.54, 1.807) is 16.8 Å². The maximum Gasteiger partial charge on any atom is 0.165 e. The van der Waals surface area contributed by atoms with Crippen molar-refractivity contribution in [1.82, 2.24) is 9.78 Å². The molecule has 0 unspecified atom stereocenters. The molecule has 0 amide bonds. The number of hydrogen-bond donors (Lipinski definition) is 0. The average molecular weight is 307 g/mol. The zero-order valence-electron chi connectivity index (χ0n) is 12.0. The van der Waals surface area contributed by atoms with Crippen LogP contribution in [-0.2, 0) is 20.1 Å². The molecule has 0 aliphatic carbocycles. The number of benzene rings is 1. The Hall–Kier alpha value is -1.99. The Kier molecular flexibility index (Phi) is 5.24. The minimum atomic E-state index is -0.413. The van der Waals surface area contributed by atoms with Crippen molar-refractivity contribution in [2.75, 3.05) is 5.88 Å². The molecule has 0 aliphatic heterocycles. The van der Waals surface area contributed by atoms with Crippen molar-refractivity contribution in [3.8, 4) is 17.6 Å². The highest BCUT2D eigenvalue weighted by Gasteiger charge is 2.08. The van der Waals surface area contributed by atoms with Gasteiger partial charge in [0, 0.05) is 12.6 Å². The predicted octanol–water partition coefficient (Wildman–Crippen LogP) is 3.29. The first-order chi connectivity index (χ1) is 10.1. The van der Waals surface area contributed by atoms with Gasteiger partial charge in [0.05, 0.1) is 17.3 Å². The fourth-order valence-electron chi connectivity index (χ4n) is 1.86. The molecular formula is C16H16ClFN2O. The van der Waals surface area contributed by atoms with Gasteiger partial charge in [-0.05, 0) is 30.7 Å². The molecule has 0 fully saturated rings. The number of hydrogen-bond acceptors (Lipinski definition) is 2. The van der Waals surface area contributed by atoms with Gasteiger partial charge in [-0.25, -0.2) is 4.39 Å². The van der Waals surface area contributed by atoms with Crippen LogP contribution >= 0.6 is 11.6 Å². The normalized spacial score (nSPS) is 10.1. The van der Waals surface area contributed by atoms with Crippen LogP contribution in [-0.4, -0.2) is 15.7 Å². The van der Waals surface area contributed by atoms with Crippen LogP contribution in [0, 0.1) is 17.7 Å². The van der Waals surface area contributed by atoms with Crippen LogP contribution in [0.2, 0.25) is 0 Å². The fraction of sp³-hybridized carbons (Fsp3) is 0.312. The Morgan fingerprint density at radius 1 is 1.38 bits per heavy atom. The van der Waals surface area contributed by atoms with Crippen LogP contribution < -0.4 is 4.74 Å². The number of ether oxygens (including phenoxy) is 1. The highest BCUT2D eigenvalue weighted by atomic mass is 35.5. The number of aromatic nitrogens is 2. The molecule has 0 saturated carbocycles. The summed E-state index contributed by atoms with van der Waals surface area (Å²) in [7, 11) is 1.84. The molecule has 2 rings (SSSR count). The van der Waals surface area contributed by atoms with Gasteiger partial charge < -0.3 is 4.74 Å². The van der Waals surface area contributed by atoms with Crippen molar-refractivity contribution in [1.29, 1.82) is 0 Å². The van der Waals surface area contributed by atoms with Gasteiger partial charge in [-0.2, -0.15) is 5.10 Å². The van der Waals surface area contributed by atoms with Gasteiger partial charge in [-0.1, -0.05) is 18.8 Å². The van der Waals surface area contributed by atoms with E-state index < -0.39 is 5.82 Å². The summed E-state index contributed by atoms with van der Waals surface area (Å²) in [5, 5.41) is 4.33. The summed E-state index contributed by atoms with van der Waals surface area (Å²) in [6, 6.07) is 6.47. The third-order valence-electron chi connectivity index (χ3n) is 3.00. The number of rotatable bonds is 4. The Morgan fingerprint density at radius 3 is 2.86 bits per heavy atom. The van der Waals surface area contributed by atoms with Gasteiger partial charge in [0.25, 0.3) is 0 Å². The second kappa shape index (κ2) is 7.14. The molecule has 0 atom stereocenters. The Labute approximate surface area is 128 Å². The fourth-order valence-corrected chi connectivity index (χ4v) is 1.93. The van der Waals surface area contributed by atoms with Crippen LogP contribution in [0.15, 0.2) is 24.3 Å². The third kappa shape index (κ3) is 3.99. The number of alkyl halides is 1. The van der Waals surface area contributed by atoms with Gasteiger partial charge >= 0.3 is 0 Å². The van der Waals surface area contributed by atoms with E-state index in [1.807, 2.05) is 20.0 Å². The summed E-state index contributed by atoms with van der Waals surface area (Å²) < 4.78 is 21.0. The van der Waals surface area contributed by atoms with Crippen molar-refractivity contribution >= 4 is 11.6 Å². The molecule has 3 nitrogen and oxygen atoms in total. The summed E-state index contributed by atoms with van der Waals surface area (Å²) in [5.41, 5.74) is 2.55. The number of nitrogens with zero attached hydrogens (tertiary/aromatic N) is 2. The molecule has 0 spiro atoms. The number of aryl methyl sites for hydroxylation is 2. The van der Waals surface area contributed by atoms with E-state index >= 15 is 0 Å². The summed E-state index contributed by atoms with van der Waals surface area (Å²) in [6.07, 6.45) is 0.853. The maximum atomic E-state index is 13.7. The summed E-state index contributed by atoms with van der Waals surface area (Å²) >= 11 is 5.51. The molecular weight excluding hydrogens is 291 g/mol. The van der Waals surface area contributed by atoms with E-state index in [-0.39, 0.29) is 18.2 Å². The van der Waals surface area contributed by atoms with Crippen LogP contribution in [0.5, 0.6) is 5.75 Å². The predicted molar refractivity (Wildman–Crippen MR) is 80.9 cm³/mol. The Morgan fingerprint density at radius 2 is 2.19 bits per heavy atom. The zero-order chi connectivity index (χ0) is 15.2. The lowest BCUT2D eigenvalue weighted by Crippen LogP contribution is -2.04. The summed E-state index contributed by atoms with van der Waals surface area (Å²) in [6.45, 7) is 2.29.